The summed E-state index contributed by atoms with van der Waals surface area (Å²) in [7, 11) is 0. The third-order valence-electron chi connectivity index (χ3n) is 2.51. The molecule has 0 bridgehead atoms. The second kappa shape index (κ2) is 7.22. The van der Waals surface area contributed by atoms with E-state index in [1.54, 1.807) is 13.8 Å². The second-order valence-electron chi connectivity index (χ2n) is 3.89. The Labute approximate surface area is 115 Å². The molecule has 0 N–H and O–H groups in total. The summed E-state index contributed by atoms with van der Waals surface area (Å²) >= 11 is 0. The van der Waals surface area contributed by atoms with Gasteiger partial charge in [-0.3, -0.25) is 19.7 Å². The van der Waals surface area contributed by atoms with Crippen molar-refractivity contribution >= 4 is 17.6 Å². The Bertz CT molecular complexity index is 513. The smallest absolute Gasteiger partial charge is 0.325 e. The van der Waals surface area contributed by atoms with Crippen molar-refractivity contribution in [3.05, 3.63) is 34.4 Å². The molecular formula is C13H15NO6. The number of nitro benzene ring substituents is 1. The van der Waals surface area contributed by atoms with Crippen molar-refractivity contribution in [3.8, 4) is 5.75 Å². The van der Waals surface area contributed by atoms with Crippen molar-refractivity contribution in [3.63, 3.8) is 0 Å². The van der Waals surface area contributed by atoms with Crippen molar-refractivity contribution in [1.29, 1.82) is 0 Å². The molecule has 0 aliphatic carbocycles. The Morgan fingerprint density at radius 2 is 2.00 bits per heavy atom. The lowest BCUT2D eigenvalue weighted by atomic mass is 10.1. The maximum Gasteiger partial charge on any atom is 0.325 e. The highest BCUT2D eigenvalue weighted by Gasteiger charge is 2.28. The van der Waals surface area contributed by atoms with Crippen LogP contribution < -0.4 is 4.74 Å². The van der Waals surface area contributed by atoms with E-state index in [4.69, 9.17) is 9.47 Å². The number of nitro groups is 1. The molecule has 0 radical (unpaired) electrons. The van der Waals surface area contributed by atoms with Crippen LogP contribution >= 0.6 is 0 Å². The van der Waals surface area contributed by atoms with Crippen molar-refractivity contribution in [1.82, 2.24) is 0 Å². The Kier molecular flexibility index (Phi) is 5.64. The fraction of sp³-hybridized carbons (Fsp3) is 0.385. The average molecular weight is 281 g/mol. The van der Waals surface area contributed by atoms with E-state index in [1.807, 2.05) is 0 Å². The van der Waals surface area contributed by atoms with E-state index in [1.165, 1.54) is 18.2 Å². The van der Waals surface area contributed by atoms with Crippen LogP contribution in [0, 0.1) is 16.0 Å². The van der Waals surface area contributed by atoms with E-state index in [2.05, 4.69) is 0 Å². The third-order valence-corrected chi connectivity index (χ3v) is 2.51. The highest BCUT2D eigenvalue weighted by Crippen LogP contribution is 2.20. The molecule has 1 atom stereocenters. The maximum absolute atomic E-state index is 11.8. The zero-order valence-electron chi connectivity index (χ0n) is 11.2. The number of non-ortho nitro benzene ring substituents is 1. The minimum atomic E-state index is -1.03. The SMILES string of the molecule is CCOC(=O)C(CC)C(=O)Oc1cccc([N+](=O)[O-])c1. The van der Waals surface area contributed by atoms with Crippen LogP contribution in [0.2, 0.25) is 0 Å². The predicted molar refractivity (Wildman–Crippen MR) is 69.1 cm³/mol. The van der Waals surface area contributed by atoms with Gasteiger partial charge in [0, 0.05) is 6.07 Å². The number of carbonyl (C=O) groups is 2. The van der Waals surface area contributed by atoms with Crippen molar-refractivity contribution in [2.24, 2.45) is 5.92 Å². The summed E-state index contributed by atoms with van der Waals surface area (Å²) in [4.78, 5) is 33.4. The standard InChI is InChI=1S/C13H15NO6/c1-3-11(12(15)19-4-2)13(16)20-10-7-5-6-9(8-10)14(17)18/h5-8,11H,3-4H2,1-2H3. The number of ether oxygens (including phenoxy) is 2. The van der Waals surface area contributed by atoms with Crippen LogP contribution in [0.4, 0.5) is 5.69 Å². The summed E-state index contributed by atoms with van der Waals surface area (Å²) in [5, 5.41) is 10.6. The summed E-state index contributed by atoms with van der Waals surface area (Å²) in [5.41, 5.74) is -0.195. The number of hydrogen-bond donors (Lipinski definition) is 0. The molecule has 7 heteroatoms. The van der Waals surface area contributed by atoms with E-state index < -0.39 is 22.8 Å². The molecule has 1 rings (SSSR count). The van der Waals surface area contributed by atoms with Gasteiger partial charge in [0.1, 0.15) is 5.75 Å². The van der Waals surface area contributed by atoms with Crippen molar-refractivity contribution in [2.75, 3.05) is 6.61 Å². The van der Waals surface area contributed by atoms with E-state index >= 15 is 0 Å². The molecule has 0 amide bonds. The molecule has 0 spiro atoms. The summed E-state index contributed by atoms with van der Waals surface area (Å²) in [5.74, 6) is -2.46. The molecule has 0 fully saturated rings. The predicted octanol–water partition coefficient (Wildman–Crippen LogP) is 2.09. The molecular weight excluding hydrogens is 266 g/mol. The van der Waals surface area contributed by atoms with Gasteiger partial charge in [0.2, 0.25) is 0 Å². The topological polar surface area (TPSA) is 95.7 Å². The fourth-order valence-corrected chi connectivity index (χ4v) is 1.52. The molecule has 108 valence electrons. The molecule has 0 heterocycles. The minimum absolute atomic E-state index is 0.0203. The van der Waals surface area contributed by atoms with Crippen molar-refractivity contribution in [2.45, 2.75) is 20.3 Å². The molecule has 20 heavy (non-hydrogen) atoms. The first-order valence-corrected chi connectivity index (χ1v) is 6.12. The molecule has 0 aromatic heterocycles. The molecule has 7 nitrogen and oxygen atoms in total. The van der Waals surface area contributed by atoms with Crippen LogP contribution in [0.5, 0.6) is 5.75 Å². The first-order valence-electron chi connectivity index (χ1n) is 6.12. The van der Waals surface area contributed by atoms with Gasteiger partial charge in [0.25, 0.3) is 5.69 Å². The Morgan fingerprint density at radius 1 is 1.30 bits per heavy atom. The summed E-state index contributed by atoms with van der Waals surface area (Å²) in [6.07, 6.45) is 0.229. The molecule has 1 aromatic rings. The van der Waals surface area contributed by atoms with Gasteiger partial charge in [0.15, 0.2) is 5.92 Å². The van der Waals surface area contributed by atoms with E-state index in [9.17, 15) is 19.7 Å². The van der Waals surface area contributed by atoms with Crippen LogP contribution in [0.15, 0.2) is 24.3 Å². The van der Waals surface area contributed by atoms with Crippen LogP contribution in [0.1, 0.15) is 20.3 Å². The first kappa shape index (κ1) is 15.6. The van der Waals surface area contributed by atoms with Crippen LogP contribution in [0.3, 0.4) is 0 Å². The molecule has 0 aliphatic rings. The van der Waals surface area contributed by atoms with Crippen LogP contribution in [-0.2, 0) is 14.3 Å². The van der Waals surface area contributed by atoms with Gasteiger partial charge < -0.3 is 9.47 Å². The lowest BCUT2D eigenvalue weighted by Crippen LogP contribution is -2.29. The van der Waals surface area contributed by atoms with Gasteiger partial charge in [-0.25, -0.2) is 0 Å². The van der Waals surface area contributed by atoms with Crippen LogP contribution in [-0.4, -0.2) is 23.5 Å². The number of benzene rings is 1. The monoisotopic (exact) mass is 281 g/mol. The Balaban J connectivity index is 2.80. The maximum atomic E-state index is 11.8. The number of carbonyl (C=O) groups excluding carboxylic acids is 2. The van der Waals surface area contributed by atoms with Gasteiger partial charge in [0.05, 0.1) is 17.6 Å². The average Bonchev–Trinajstić information content (AvgIpc) is 2.40. The zero-order valence-corrected chi connectivity index (χ0v) is 11.2. The summed E-state index contributed by atoms with van der Waals surface area (Å²) in [6, 6.07) is 5.20. The number of rotatable bonds is 6. The van der Waals surface area contributed by atoms with E-state index in [-0.39, 0.29) is 24.5 Å². The molecule has 1 aromatic carbocycles. The van der Waals surface area contributed by atoms with Crippen LogP contribution in [0.25, 0.3) is 0 Å². The molecule has 0 saturated heterocycles. The van der Waals surface area contributed by atoms with Gasteiger partial charge in [-0.2, -0.15) is 0 Å². The first-order chi connectivity index (χ1) is 9.49. The fourth-order valence-electron chi connectivity index (χ4n) is 1.52. The third kappa shape index (κ3) is 4.04. The highest BCUT2D eigenvalue weighted by molar-refractivity contribution is 5.95. The van der Waals surface area contributed by atoms with Gasteiger partial charge >= 0.3 is 11.9 Å². The van der Waals surface area contributed by atoms with Gasteiger partial charge in [-0.1, -0.05) is 13.0 Å². The Morgan fingerprint density at radius 3 is 2.55 bits per heavy atom. The Hall–Kier alpha value is -2.44. The van der Waals surface area contributed by atoms with Crippen molar-refractivity contribution < 1.29 is 24.0 Å². The number of nitrogens with zero attached hydrogens (tertiary/aromatic N) is 1. The molecule has 1 unspecified atom stereocenters. The summed E-state index contributed by atoms with van der Waals surface area (Å²) in [6.45, 7) is 3.45. The molecule has 0 saturated carbocycles. The second-order valence-corrected chi connectivity index (χ2v) is 3.89. The van der Waals surface area contributed by atoms with E-state index in [0.29, 0.717) is 0 Å². The normalized spacial score (nSPS) is 11.5. The quantitative estimate of drug-likeness (QED) is 0.260. The highest BCUT2D eigenvalue weighted by atomic mass is 16.6. The lowest BCUT2D eigenvalue weighted by molar-refractivity contribution is -0.384. The number of hydrogen-bond acceptors (Lipinski definition) is 6. The largest absolute Gasteiger partial charge is 0.465 e. The van der Waals surface area contributed by atoms with Gasteiger partial charge in [-0.05, 0) is 19.4 Å². The van der Waals surface area contributed by atoms with E-state index in [0.717, 1.165) is 6.07 Å². The molecule has 0 aliphatic heterocycles. The number of esters is 2. The summed E-state index contributed by atoms with van der Waals surface area (Å²) < 4.78 is 9.75. The van der Waals surface area contributed by atoms with Gasteiger partial charge in [-0.15, -0.1) is 0 Å². The lowest BCUT2D eigenvalue weighted by Gasteiger charge is -2.12. The minimum Gasteiger partial charge on any atom is -0.465 e. The zero-order chi connectivity index (χ0) is 15.1.